The van der Waals surface area contributed by atoms with Crippen molar-refractivity contribution in [3.8, 4) is 28.7 Å². The van der Waals surface area contributed by atoms with E-state index in [0.717, 1.165) is 25.1 Å². The number of Topliss-reactive ketones (excluding diaryl/α,β-unsaturated/α-hetero) is 1. The maximum absolute atomic E-state index is 14.1. The van der Waals surface area contributed by atoms with Crippen LogP contribution in [0.4, 0.5) is 0 Å². The maximum Gasteiger partial charge on any atom is 0.244 e. The number of amides is 1. The molecule has 18 nitrogen and oxygen atoms in total. The first-order valence-electron chi connectivity index (χ1n) is 26.2. The Morgan fingerprint density at radius 3 is 2.14 bits per heavy atom. The second-order valence-electron chi connectivity index (χ2n) is 20.2. The molecule has 0 radical (unpaired) electrons. The molecule has 1 aliphatic heterocycles. The Hall–Kier alpha value is -7.61. The Bertz CT molecular complexity index is 3400. The summed E-state index contributed by atoms with van der Waals surface area (Å²) in [7, 11) is -0.648. The number of hydrogen-bond acceptors (Lipinski definition) is 16. The summed E-state index contributed by atoms with van der Waals surface area (Å²) >= 11 is 0. The van der Waals surface area contributed by atoms with E-state index in [2.05, 4.69) is 107 Å². The van der Waals surface area contributed by atoms with Gasteiger partial charge in [0.05, 0.1) is 54.4 Å². The van der Waals surface area contributed by atoms with Crippen molar-refractivity contribution in [3.63, 3.8) is 0 Å². The highest BCUT2D eigenvalue weighted by Gasteiger charge is 2.51. The van der Waals surface area contributed by atoms with Gasteiger partial charge in [-0.15, -0.1) is 5.10 Å². The molecule has 2 aliphatic carbocycles. The number of unbranched alkanes of at least 4 members (excludes halogenated alkanes) is 1. The lowest BCUT2D eigenvalue weighted by atomic mass is 9.72. The topological polar surface area (TPSA) is 269 Å². The molecular weight excluding hydrogens is 1120 g/mol. The number of aromatic hydroxyl groups is 3. The van der Waals surface area contributed by atoms with Gasteiger partial charge in [0, 0.05) is 60.2 Å². The van der Waals surface area contributed by atoms with Gasteiger partial charge in [-0.3, -0.25) is 23.9 Å². The number of rotatable bonds is 19. The first-order valence-corrected chi connectivity index (χ1v) is 28.2. The average molecular weight is 1180 g/mol. The molecule has 0 saturated carbocycles. The van der Waals surface area contributed by atoms with Crippen molar-refractivity contribution in [1.29, 1.82) is 0 Å². The predicted octanol–water partition coefficient (Wildman–Crippen LogP) is 2.53. The van der Waals surface area contributed by atoms with Crippen molar-refractivity contribution in [3.05, 3.63) is 184 Å². The van der Waals surface area contributed by atoms with Crippen LogP contribution < -0.4 is 47.7 Å². The third-order valence-corrected chi connectivity index (χ3v) is 19.7. The molecule has 0 bridgehead atoms. The summed E-state index contributed by atoms with van der Waals surface area (Å²) in [6.07, 6.45) is 0.685. The summed E-state index contributed by atoms with van der Waals surface area (Å²) in [5.41, 5.74) is -3.30. The number of phenols is 3. The molecule has 2 heterocycles. The standard InChI is InChI=1S/C61H59N4O14P.BrH/c1-36-56(70)45(30-51(78-36)79-48-32-61(75,49(68)34-66)31-44-53(48)60(74)55-54(58(44)72)57(71)43-21-14-22-47(76-2)52(43)59(55)73)62-50(69)26-24-37-23-25-39(29-46(37)67)77-35-38-33-65(64-63-38)27-12-13-28-80(40-15-6-3-7-16-40,41-17-8-4-9-18-41)42-19-10-5-11-20-42;/h3-11,14-26,29,33,36,45,48,51,56,66,70,75H,12-13,27-28,30-32,34-35H2,1-2H3,(H3-,62,63,64,67,69,71,72,73,74);1H/t36-,45?,48+,51-,56+,61+;/m1./s1. The number of nitrogens with one attached hydrogen (secondary N) is 1. The van der Waals surface area contributed by atoms with E-state index in [0.29, 0.717) is 18.0 Å². The second kappa shape index (κ2) is 24.6. The van der Waals surface area contributed by atoms with Crippen LogP contribution in [0.1, 0.15) is 92.9 Å². The zero-order valence-electron chi connectivity index (χ0n) is 44.2. The molecule has 10 rings (SSSR count). The number of ketones is 3. The zero-order chi connectivity index (χ0) is 56.3. The van der Waals surface area contributed by atoms with Crippen molar-refractivity contribution < 1.29 is 85.7 Å². The summed E-state index contributed by atoms with van der Waals surface area (Å²) in [5.74, 6) is -4.66. The van der Waals surface area contributed by atoms with E-state index in [-0.39, 0.29) is 69.3 Å². The lowest BCUT2D eigenvalue weighted by Gasteiger charge is -2.42. The fourth-order valence-corrected chi connectivity index (χ4v) is 15.6. The van der Waals surface area contributed by atoms with Crippen molar-refractivity contribution in [2.24, 2.45) is 0 Å². The number of benzene rings is 6. The van der Waals surface area contributed by atoms with Crippen molar-refractivity contribution >= 4 is 52.5 Å². The molecule has 1 amide bonds. The Balaban J connectivity index is 0.00000792. The molecule has 3 aliphatic rings. The fourth-order valence-electron chi connectivity index (χ4n) is 11.2. The molecule has 1 saturated heterocycles. The van der Waals surface area contributed by atoms with Gasteiger partial charge in [-0.25, -0.2) is 0 Å². The minimum absolute atomic E-state index is 0. The zero-order valence-corrected chi connectivity index (χ0v) is 46.7. The van der Waals surface area contributed by atoms with Gasteiger partial charge >= 0.3 is 0 Å². The van der Waals surface area contributed by atoms with Crippen molar-refractivity contribution in [2.75, 3.05) is 19.9 Å². The summed E-state index contributed by atoms with van der Waals surface area (Å²) in [6.45, 7) is 1.17. The number of methoxy groups -OCH3 is 1. The monoisotopic (exact) mass is 1180 g/mol. The van der Waals surface area contributed by atoms with Crippen LogP contribution in [0.5, 0.6) is 28.7 Å². The van der Waals surface area contributed by atoms with Gasteiger partial charge in [-0.1, -0.05) is 71.9 Å². The first kappa shape index (κ1) is 58.1. The Morgan fingerprint density at radius 2 is 1.51 bits per heavy atom. The van der Waals surface area contributed by atoms with E-state index in [1.807, 2.05) is 10.9 Å². The minimum atomic E-state index is -2.38. The van der Waals surface area contributed by atoms with Crippen LogP contribution >= 0.6 is 7.26 Å². The van der Waals surface area contributed by atoms with E-state index in [1.54, 1.807) is 12.1 Å². The maximum atomic E-state index is 14.1. The van der Waals surface area contributed by atoms with Gasteiger partial charge in [0.25, 0.3) is 0 Å². The normalized spacial score (nSPS) is 20.4. The molecule has 1 aromatic heterocycles. The van der Waals surface area contributed by atoms with Gasteiger partial charge in [0.1, 0.15) is 82.5 Å². The van der Waals surface area contributed by atoms with E-state index >= 15 is 0 Å². The number of aromatic nitrogens is 3. The van der Waals surface area contributed by atoms with E-state index in [9.17, 15) is 49.8 Å². The van der Waals surface area contributed by atoms with Gasteiger partial charge < -0.3 is 71.9 Å². The van der Waals surface area contributed by atoms with E-state index in [4.69, 9.17) is 18.9 Å². The number of carbonyl (C=O) groups excluding carboxylic acids is 4. The smallest absolute Gasteiger partial charge is 0.244 e. The number of ether oxygens (including phenoxy) is 4. The second-order valence-corrected chi connectivity index (χ2v) is 23.8. The van der Waals surface area contributed by atoms with Crippen molar-refractivity contribution in [1.82, 2.24) is 20.3 Å². The lowest BCUT2D eigenvalue weighted by molar-refractivity contribution is -0.249. The molecule has 7 aromatic rings. The Kier molecular flexibility index (Phi) is 17.7. The van der Waals surface area contributed by atoms with E-state index in [1.165, 1.54) is 60.3 Å². The van der Waals surface area contributed by atoms with Crippen LogP contribution in [0.2, 0.25) is 0 Å². The Morgan fingerprint density at radius 1 is 0.852 bits per heavy atom. The third-order valence-electron chi connectivity index (χ3n) is 15.2. The molecule has 420 valence electrons. The Labute approximate surface area is 477 Å². The molecule has 7 N–H and O–H groups in total. The number of aliphatic hydroxyl groups excluding tert-OH is 2. The highest BCUT2D eigenvalue weighted by molar-refractivity contribution is 7.95. The van der Waals surface area contributed by atoms with Crippen LogP contribution in [0.25, 0.3) is 6.08 Å². The number of carbonyl (C=O) groups is 4. The quantitative estimate of drug-likeness (QED) is 0.0265. The highest BCUT2D eigenvalue weighted by atomic mass is 79.9. The predicted molar refractivity (Wildman–Crippen MR) is 296 cm³/mol. The molecule has 81 heavy (non-hydrogen) atoms. The number of phenolic OH excluding ortho intramolecular Hbond substituents is 3. The molecule has 6 atom stereocenters. The van der Waals surface area contributed by atoms with Gasteiger partial charge in [-0.2, -0.15) is 0 Å². The third kappa shape index (κ3) is 11.5. The summed E-state index contributed by atoms with van der Waals surface area (Å²) in [5, 5.41) is 82.7. The number of nitrogens with zero attached hydrogens (tertiary/aromatic N) is 3. The van der Waals surface area contributed by atoms with Crippen LogP contribution in [-0.2, 0) is 38.6 Å². The minimum Gasteiger partial charge on any atom is -1.00 e. The molecule has 6 aromatic carbocycles. The van der Waals surface area contributed by atoms with Crippen LogP contribution in [0, 0.1) is 0 Å². The number of fused-ring (bicyclic) bond motifs is 3. The SMILES string of the molecule is COc1cccc2c1C(=O)c1c(O)c3c(c(O)c1C2=O)C[C@@](O)(C(=O)CO)C[C@@H]3O[C@@H]1CC(NC(=O)/C=C/c2ccc(OCc3cn(CCCC[P+](c4ccccc4)(c4ccccc4)c4ccccc4)nn3)cc2O)[C@@H](O)[C@@H](C)O1.[Br-]. The van der Waals surface area contributed by atoms with Gasteiger partial charge in [0.15, 0.2) is 17.9 Å². The summed E-state index contributed by atoms with van der Waals surface area (Å²) in [4.78, 5) is 54.5. The highest BCUT2D eigenvalue weighted by Crippen LogP contribution is 2.56. The summed E-state index contributed by atoms with van der Waals surface area (Å²) < 4.78 is 25.4. The molecule has 1 fully saturated rings. The largest absolute Gasteiger partial charge is 1.00 e. The average Bonchev–Trinajstić information content (AvgIpc) is 4.07. The van der Waals surface area contributed by atoms with Crippen LogP contribution in [0.15, 0.2) is 140 Å². The van der Waals surface area contributed by atoms with E-state index < -0.39 is 109 Å². The number of aryl methyl sites for hydroxylation is 1. The summed E-state index contributed by atoms with van der Waals surface area (Å²) in [6, 6.07) is 40.3. The van der Waals surface area contributed by atoms with Crippen molar-refractivity contribution in [2.45, 2.75) is 88.4 Å². The van der Waals surface area contributed by atoms with Crippen LogP contribution in [0.3, 0.4) is 0 Å². The molecule has 1 unspecified atom stereocenters. The number of hydrogen-bond donors (Lipinski definition) is 7. The number of halogens is 1. The molecule has 20 heteroatoms. The number of aliphatic hydroxyl groups is 3. The fraction of sp³-hybridized carbons (Fsp3) is 0.279. The molecular formula is C61H60BrN4O14P. The molecule has 0 spiro atoms. The van der Waals surface area contributed by atoms with Gasteiger partial charge in [0.2, 0.25) is 11.7 Å². The lowest BCUT2D eigenvalue weighted by Crippen LogP contribution is -3.00. The first-order chi connectivity index (χ1) is 38.6. The van der Waals surface area contributed by atoms with Gasteiger partial charge in [-0.05, 0) is 80.4 Å². The van der Waals surface area contributed by atoms with Crippen LogP contribution in [-0.4, -0.2) is 119 Å².